The number of aryl methyl sites for hydroxylation is 1. The Hall–Kier alpha value is -4.43. The predicted octanol–water partition coefficient (Wildman–Crippen LogP) is 3.87. The average Bonchev–Trinajstić information content (AvgIpc) is 3.49. The van der Waals surface area contributed by atoms with Gasteiger partial charge in [0, 0.05) is 11.1 Å². The highest BCUT2D eigenvalue weighted by Gasteiger charge is 2.74. The molecule has 3 aliphatic rings. The number of rotatable bonds is 4. The third kappa shape index (κ3) is 3.16. The number of carbonyl (C=O) groups is 5. The minimum atomic E-state index is -2.15. The number of carbonyl (C=O) groups excluding carboxylic acids is 5. The fourth-order valence-corrected chi connectivity index (χ4v) is 5.86. The minimum absolute atomic E-state index is 0.170. The van der Waals surface area contributed by atoms with E-state index >= 15 is 0 Å². The molecular weight excluding hydrogens is 486 g/mol. The molecule has 2 heterocycles. The molecule has 2 aliphatic heterocycles. The Morgan fingerprint density at radius 2 is 1.55 bits per heavy atom. The molecule has 3 aromatic rings. The molecule has 3 aromatic carbocycles. The maximum atomic E-state index is 14.0. The SMILES string of the molecule is CCOC(=O)c1ccc([C@@H]2OC3(C(=O)c4ccccc4C3=O)[C@@H]3C(=O)N(c4cccc(C)c4)C(=O)[C@H]32)cc1. The Morgan fingerprint density at radius 1 is 0.895 bits per heavy atom. The van der Waals surface area contributed by atoms with Crippen LogP contribution in [0, 0.1) is 18.8 Å². The van der Waals surface area contributed by atoms with Crippen LogP contribution in [0.4, 0.5) is 5.69 Å². The third-order valence-corrected chi connectivity index (χ3v) is 7.53. The average molecular weight is 510 g/mol. The summed E-state index contributed by atoms with van der Waals surface area (Å²) in [6.45, 7) is 3.76. The Bertz CT molecular complexity index is 1510. The van der Waals surface area contributed by atoms with Crippen molar-refractivity contribution in [2.75, 3.05) is 11.5 Å². The molecule has 0 bridgehead atoms. The fraction of sp³-hybridized carbons (Fsp3) is 0.233. The monoisotopic (exact) mass is 509 g/mol. The smallest absolute Gasteiger partial charge is 0.338 e. The quantitative estimate of drug-likeness (QED) is 0.299. The highest BCUT2D eigenvalue weighted by atomic mass is 16.5. The van der Waals surface area contributed by atoms with Crippen LogP contribution in [-0.4, -0.2) is 41.6 Å². The van der Waals surface area contributed by atoms with Crippen molar-refractivity contribution in [1.82, 2.24) is 0 Å². The van der Waals surface area contributed by atoms with E-state index in [-0.39, 0.29) is 17.7 Å². The van der Waals surface area contributed by atoms with Crippen LogP contribution in [0.3, 0.4) is 0 Å². The van der Waals surface area contributed by atoms with Gasteiger partial charge in [-0.1, -0.05) is 48.5 Å². The molecule has 190 valence electrons. The topological polar surface area (TPSA) is 107 Å². The maximum absolute atomic E-state index is 14.0. The zero-order valence-corrected chi connectivity index (χ0v) is 20.7. The first-order chi connectivity index (χ1) is 18.3. The van der Waals surface area contributed by atoms with Crippen molar-refractivity contribution in [2.45, 2.75) is 25.6 Å². The number of amides is 2. The van der Waals surface area contributed by atoms with Crippen molar-refractivity contribution in [3.8, 4) is 0 Å². The van der Waals surface area contributed by atoms with Crippen LogP contribution in [0.2, 0.25) is 0 Å². The van der Waals surface area contributed by atoms with E-state index in [1.54, 1.807) is 49.4 Å². The molecule has 38 heavy (non-hydrogen) atoms. The van der Waals surface area contributed by atoms with Crippen molar-refractivity contribution < 1.29 is 33.4 Å². The molecule has 0 N–H and O–H groups in total. The molecule has 6 rings (SSSR count). The summed E-state index contributed by atoms with van der Waals surface area (Å²) in [5, 5.41) is 0. The second-order valence-electron chi connectivity index (χ2n) is 9.67. The van der Waals surface area contributed by atoms with Gasteiger partial charge < -0.3 is 9.47 Å². The summed E-state index contributed by atoms with van der Waals surface area (Å²) in [5.41, 5.74) is 0.176. The normalized spacial score (nSPS) is 23.2. The standard InChI is InChI=1S/C30H23NO7/c1-3-37-29(36)18-13-11-17(12-14-18)24-22-23(28(35)31(27(22)34)19-8-6-7-16(2)15-19)30(38-24)25(32)20-9-4-5-10-21(20)26(30)33/h4-15,22-24H,3H2,1-2H3/t22-,23+,24+/m1/s1. The molecule has 0 unspecified atom stereocenters. The fourth-order valence-electron chi connectivity index (χ4n) is 5.86. The van der Waals surface area contributed by atoms with E-state index in [0.29, 0.717) is 16.8 Å². The second-order valence-corrected chi connectivity index (χ2v) is 9.67. The summed E-state index contributed by atoms with van der Waals surface area (Å²) >= 11 is 0. The molecule has 1 aliphatic carbocycles. The number of imide groups is 1. The van der Waals surface area contributed by atoms with Gasteiger partial charge in [-0.25, -0.2) is 9.69 Å². The number of esters is 1. The lowest BCUT2D eigenvalue weighted by molar-refractivity contribution is -0.127. The molecule has 0 saturated carbocycles. The van der Waals surface area contributed by atoms with Gasteiger partial charge in [-0.15, -0.1) is 0 Å². The van der Waals surface area contributed by atoms with Gasteiger partial charge in [-0.2, -0.15) is 0 Å². The summed E-state index contributed by atoms with van der Waals surface area (Å²) < 4.78 is 11.3. The number of anilines is 1. The van der Waals surface area contributed by atoms with Gasteiger partial charge in [0.15, 0.2) is 0 Å². The summed E-state index contributed by atoms with van der Waals surface area (Å²) in [7, 11) is 0. The van der Waals surface area contributed by atoms with Crippen LogP contribution < -0.4 is 4.90 Å². The van der Waals surface area contributed by atoms with Gasteiger partial charge in [-0.05, 0) is 49.2 Å². The van der Waals surface area contributed by atoms with Gasteiger partial charge in [0.05, 0.1) is 35.8 Å². The number of ether oxygens (including phenoxy) is 2. The lowest BCUT2D eigenvalue weighted by Crippen LogP contribution is -2.51. The molecule has 0 aromatic heterocycles. The summed E-state index contributed by atoms with van der Waals surface area (Å²) in [5.74, 6) is -5.38. The third-order valence-electron chi connectivity index (χ3n) is 7.53. The van der Waals surface area contributed by atoms with Gasteiger partial charge in [0.1, 0.15) is 0 Å². The molecule has 2 amide bonds. The number of hydrogen-bond acceptors (Lipinski definition) is 7. The molecule has 3 atom stereocenters. The van der Waals surface area contributed by atoms with E-state index in [9.17, 15) is 24.0 Å². The number of ketones is 2. The lowest BCUT2D eigenvalue weighted by Gasteiger charge is -2.27. The highest BCUT2D eigenvalue weighted by Crippen LogP contribution is 2.57. The molecule has 8 heteroatoms. The van der Waals surface area contributed by atoms with E-state index in [1.165, 1.54) is 24.3 Å². The zero-order chi connectivity index (χ0) is 26.8. The van der Waals surface area contributed by atoms with Crippen LogP contribution in [0.5, 0.6) is 0 Å². The van der Waals surface area contributed by atoms with Crippen LogP contribution in [0.25, 0.3) is 0 Å². The van der Waals surface area contributed by atoms with Gasteiger partial charge in [0.2, 0.25) is 29.0 Å². The van der Waals surface area contributed by atoms with E-state index in [1.807, 2.05) is 13.0 Å². The largest absolute Gasteiger partial charge is 0.462 e. The zero-order valence-electron chi connectivity index (χ0n) is 20.7. The van der Waals surface area contributed by atoms with Crippen molar-refractivity contribution in [3.63, 3.8) is 0 Å². The first-order valence-corrected chi connectivity index (χ1v) is 12.4. The van der Waals surface area contributed by atoms with Crippen molar-refractivity contribution in [2.24, 2.45) is 11.8 Å². The lowest BCUT2D eigenvalue weighted by atomic mass is 9.77. The summed E-state index contributed by atoms with van der Waals surface area (Å²) in [6.07, 6.45) is -1.07. The molecule has 2 fully saturated rings. The predicted molar refractivity (Wildman–Crippen MR) is 135 cm³/mol. The van der Waals surface area contributed by atoms with Gasteiger partial charge in [0.25, 0.3) is 0 Å². The van der Waals surface area contributed by atoms with Crippen molar-refractivity contribution in [1.29, 1.82) is 0 Å². The first kappa shape index (κ1) is 23.9. The van der Waals surface area contributed by atoms with Gasteiger partial charge in [-0.3, -0.25) is 19.2 Å². The van der Waals surface area contributed by atoms with E-state index in [0.717, 1.165) is 10.5 Å². The molecule has 8 nitrogen and oxygen atoms in total. The Balaban J connectivity index is 1.49. The highest BCUT2D eigenvalue weighted by molar-refractivity contribution is 6.37. The number of fused-ring (bicyclic) bond motifs is 3. The van der Waals surface area contributed by atoms with Crippen LogP contribution in [0.1, 0.15) is 55.2 Å². The van der Waals surface area contributed by atoms with Crippen molar-refractivity contribution in [3.05, 3.63) is 101 Å². The Morgan fingerprint density at radius 3 is 2.16 bits per heavy atom. The summed E-state index contributed by atoms with van der Waals surface area (Å²) in [6, 6.07) is 19.5. The minimum Gasteiger partial charge on any atom is -0.462 e. The molecule has 0 radical (unpaired) electrons. The number of hydrogen-bond donors (Lipinski definition) is 0. The number of nitrogens with zero attached hydrogens (tertiary/aromatic N) is 1. The van der Waals surface area contributed by atoms with E-state index in [4.69, 9.17) is 9.47 Å². The first-order valence-electron chi connectivity index (χ1n) is 12.4. The second kappa shape index (κ2) is 8.56. The Kier molecular flexibility index (Phi) is 5.39. The Labute approximate surface area is 218 Å². The van der Waals surface area contributed by atoms with Gasteiger partial charge >= 0.3 is 5.97 Å². The molecule has 1 spiro atoms. The van der Waals surface area contributed by atoms with Crippen LogP contribution in [-0.2, 0) is 19.1 Å². The molecular formula is C30H23NO7. The van der Waals surface area contributed by atoms with E-state index < -0.39 is 52.9 Å². The van der Waals surface area contributed by atoms with Crippen molar-refractivity contribution >= 4 is 35.0 Å². The van der Waals surface area contributed by atoms with E-state index in [2.05, 4.69) is 0 Å². The summed E-state index contributed by atoms with van der Waals surface area (Å²) in [4.78, 5) is 68.7. The maximum Gasteiger partial charge on any atom is 0.338 e. The molecule has 2 saturated heterocycles. The number of Topliss-reactive ketones (excluding diaryl/α,β-unsaturated/α-hetero) is 2. The van der Waals surface area contributed by atoms with Crippen LogP contribution >= 0.6 is 0 Å². The number of benzene rings is 3. The van der Waals surface area contributed by atoms with Crippen LogP contribution in [0.15, 0.2) is 72.8 Å².